The lowest BCUT2D eigenvalue weighted by molar-refractivity contribution is -0.143. The summed E-state index contributed by atoms with van der Waals surface area (Å²) in [6.45, 7) is 3.71. The molecule has 2 aromatic carbocycles. The van der Waals surface area contributed by atoms with Gasteiger partial charge >= 0.3 is 12.1 Å². The van der Waals surface area contributed by atoms with Crippen molar-refractivity contribution in [3.63, 3.8) is 0 Å². The Morgan fingerprint density at radius 1 is 1.06 bits per heavy atom. The first kappa shape index (κ1) is 22.1. The second-order valence-electron chi connectivity index (χ2n) is 9.21. The van der Waals surface area contributed by atoms with E-state index in [0.29, 0.717) is 17.4 Å². The van der Waals surface area contributed by atoms with Crippen LogP contribution in [0.5, 0.6) is 0 Å². The van der Waals surface area contributed by atoms with Crippen LogP contribution in [-0.2, 0) is 19.7 Å². The molecule has 0 spiro atoms. The molecular weight excluding hydrogens is 432 g/mol. The van der Waals surface area contributed by atoms with Crippen LogP contribution < -0.4 is 5.32 Å². The molecule has 0 bridgehead atoms. The maximum Gasteiger partial charge on any atom is 0.413 e. The van der Waals surface area contributed by atoms with Gasteiger partial charge in [-0.25, -0.2) is 4.79 Å². The molecule has 34 heavy (non-hydrogen) atoms. The lowest BCUT2D eigenvalue weighted by Crippen LogP contribution is -2.23. The molecule has 176 valence electrons. The highest BCUT2D eigenvalue weighted by Crippen LogP contribution is 2.49. The molecular formula is C26H28N4O4. The van der Waals surface area contributed by atoms with Crippen LogP contribution >= 0.6 is 0 Å². The van der Waals surface area contributed by atoms with Crippen LogP contribution in [0.4, 0.5) is 10.6 Å². The minimum atomic E-state index is -0.497. The van der Waals surface area contributed by atoms with Crippen molar-refractivity contribution in [3.05, 3.63) is 59.8 Å². The molecule has 1 heterocycles. The molecule has 0 radical (unpaired) electrons. The molecule has 2 aliphatic carbocycles. The normalized spacial score (nSPS) is 17.0. The van der Waals surface area contributed by atoms with Crippen LogP contribution in [0.2, 0.25) is 0 Å². The average molecular weight is 461 g/mol. The first-order valence-electron chi connectivity index (χ1n) is 11.6. The van der Waals surface area contributed by atoms with E-state index in [-0.39, 0.29) is 12.1 Å². The van der Waals surface area contributed by atoms with Crippen molar-refractivity contribution in [1.29, 1.82) is 0 Å². The molecule has 0 aliphatic heterocycles. The van der Waals surface area contributed by atoms with Gasteiger partial charge in [-0.05, 0) is 74.3 Å². The number of nitrogens with zero attached hydrogens (tertiary/aromatic N) is 3. The number of methoxy groups -OCH3 is 1. The Kier molecular flexibility index (Phi) is 5.59. The smallest absolute Gasteiger partial charge is 0.413 e. The molecule has 1 unspecified atom stereocenters. The van der Waals surface area contributed by atoms with E-state index in [4.69, 9.17) is 9.47 Å². The molecule has 8 nitrogen and oxygen atoms in total. The Morgan fingerprint density at radius 2 is 1.68 bits per heavy atom. The monoisotopic (exact) mass is 460 g/mol. The number of aromatic nitrogens is 3. The Balaban J connectivity index is 1.31. The molecule has 8 heteroatoms. The van der Waals surface area contributed by atoms with Gasteiger partial charge in [-0.2, -0.15) is 4.68 Å². The lowest BCUT2D eigenvalue weighted by atomic mass is 9.94. The summed E-state index contributed by atoms with van der Waals surface area (Å²) in [6.07, 6.45) is 3.27. The van der Waals surface area contributed by atoms with E-state index in [1.54, 1.807) is 11.6 Å². The lowest BCUT2D eigenvalue weighted by Gasteiger charge is -2.14. The van der Waals surface area contributed by atoms with Gasteiger partial charge in [-0.3, -0.25) is 10.1 Å². The third-order valence-corrected chi connectivity index (χ3v) is 6.85. The zero-order valence-corrected chi connectivity index (χ0v) is 19.6. The highest BCUT2D eigenvalue weighted by Gasteiger charge is 2.52. The predicted octanol–water partition coefficient (Wildman–Crippen LogP) is 4.79. The van der Waals surface area contributed by atoms with Crippen molar-refractivity contribution in [2.24, 2.45) is 5.92 Å². The first-order chi connectivity index (χ1) is 16.4. The second kappa shape index (κ2) is 8.59. The molecule has 2 fully saturated rings. The predicted molar refractivity (Wildman–Crippen MR) is 127 cm³/mol. The summed E-state index contributed by atoms with van der Waals surface area (Å²) in [6, 6.07) is 15.9. The van der Waals surface area contributed by atoms with Gasteiger partial charge in [0.15, 0.2) is 5.82 Å². The van der Waals surface area contributed by atoms with Gasteiger partial charge in [0.25, 0.3) is 0 Å². The fraction of sp³-hybridized carbons (Fsp3) is 0.385. The number of ether oxygens (including phenoxy) is 2. The third-order valence-electron chi connectivity index (χ3n) is 6.85. The van der Waals surface area contributed by atoms with Gasteiger partial charge in [0, 0.05) is 0 Å². The molecule has 2 saturated carbocycles. The Labute approximate surface area is 198 Å². The van der Waals surface area contributed by atoms with E-state index < -0.39 is 11.5 Å². The number of anilines is 1. The van der Waals surface area contributed by atoms with Gasteiger partial charge < -0.3 is 9.47 Å². The number of benzene rings is 2. The zero-order valence-electron chi connectivity index (χ0n) is 19.6. The summed E-state index contributed by atoms with van der Waals surface area (Å²) < 4.78 is 12.1. The molecule has 1 amide bonds. The first-order valence-corrected chi connectivity index (χ1v) is 11.6. The van der Waals surface area contributed by atoms with Crippen molar-refractivity contribution in [3.8, 4) is 16.8 Å². The highest BCUT2D eigenvalue weighted by molar-refractivity contribution is 5.87. The standard InChI is InChI=1S/C26H28N4O4/c1-16-23(27-25(32)34-17(2)18-4-5-18)30(29-28-16)22-12-8-20(9-13-22)19-6-10-21(11-7-19)26(14-15-26)24(31)33-3/h6-13,17-18H,4-5,14-15H2,1-3H3,(H,27,32). The Morgan fingerprint density at radius 3 is 2.24 bits per heavy atom. The van der Waals surface area contributed by atoms with Crippen molar-refractivity contribution >= 4 is 17.9 Å². The molecule has 1 atom stereocenters. The summed E-state index contributed by atoms with van der Waals surface area (Å²) >= 11 is 0. The summed E-state index contributed by atoms with van der Waals surface area (Å²) in [4.78, 5) is 24.5. The number of amides is 1. The van der Waals surface area contributed by atoms with Crippen molar-refractivity contribution in [2.75, 3.05) is 12.4 Å². The quantitative estimate of drug-likeness (QED) is 0.509. The van der Waals surface area contributed by atoms with Gasteiger partial charge in [-0.1, -0.05) is 41.6 Å². The summed E-state index contributed by atoms with van der Waals surface area (Å²) in [5, 5.41) is 11.1. The van der Waals surface area contributed by atoms with E-state index in [9.17, 15) is 9.59 Å². The Bertz CT molecular complexity index is 1210. The number of esters is 1. The van der Waals surface area contributed by atoms with E-state index in [1.165, 1.54) is 7.11 Å². The molecule has 2 aliphatic rings. The fourth-order valence-electron chi connectivity index (χ4n) is 4.35. The number of hydrogen-bond donors (Lipinski definition) is 1. The van der Waals surface area contributed by atoms with Crippen LogP contribution in [0.15, 0.2) is 48.5 Å². The number of carbonyl (C=O) groups is 2. The molecule has 0 saturated heterocycles. The van der Waals surface area contributed by atoms with Crippen LogP contribution in [0.1, 0.15) is 43.9 Å². The minimum Gasteiger partial charge on any atom is -0.468 e. The van der Waals surface area contributed by atoms with Crippen LogP contribution in [0.3, 0.4) is 0 Å². The van der Waals surface area contributed by atoms with Crippen molar-refractivity contribution in [2.45, 2.75) is 51.0 Å². The van der Waals surface area contributed by atoms with E-state index in [2.05, 4.69) is 15.6 Å². The van der Waals surface area contributed by atoms with Crippen LogP contribution in [0, 0.1) is 12.8 Å². The van der Waals surface area contributed by atoms with E-state index in [0.717, 1.165) is 48.1 Å². The number of rotatable bonds is 7. The van der Waals surface area contributed by atoms with Crippen LogP contribution in [0.25, 0.3) is 16.8 Å². The summed E-state index contributed by atoms with van der Waals surface area (Å²) in [5.41, 5.74) is 3.98. The number of aryl methyl sites for hydroxylation is 1. The van der Waals surface area contributed by atoms with Gasteiger partial charge in [-0.15, -0.1) is 5.10 Å². The van der Waals surface area contributed by atoms with Gasteiger partial charge in [0.2, 0.25) is 0 Å². The van der Waals surface area contributed by atoms with Gasteiger partial charge in [0.1, 0.15) is 11.8 Å². The summed E-state index contributed by atoms with van der Waals surface area (Å²) in [5.74, 6) is 0.789. The maximum atomic E-state index is 12.4. The molecule has 1 N–H and O–H groups in total. The minimum absolute atomic E-state index is 0.0993. The maximum absolute atomic E-state index is 12.4. The Hall–Kier alpha value is -3.68. The number of hydrogen-bond acceptors (Lipinski definition) is 6. The number of nitrogens with one attached hydrogen (secondary N) is 1. The van der Waals surface area contributed by atoms with E-state index in [1.807, 2.05) is 55.5 Å². The average Bonchev–Trinajstić information content (AvgIpc) is 3.77. The topological polar surface area (TPSA) is 95.3 Å². The largest absolute Gasteiger partial charge is 0.468 e. The molecule has 1 aromatic heterocycles. The van der Waals surface area contributed by atoms with Crippen molar-refractivity contribution < 1.29 is 19.1 Å². The fourth-order valence-corrected chi connectivity index (χ4v) is 4.35. The van der Waals surface area contributed by atoms with Crippen molar-refractivity contribution in [1.82, 2.24) is 15.0 Å². The molecule has 5 rings (SSSR count). The number of carbonyl (C=O) groups excluding carboxylic acids is 2. The SMILES string of the molecule is COC(=O)C1(c2ccc(-c3ccc(-n4nnc(C)c4NC(=O)OC(C)C4CC4)cc3)cc2)CC1. The van der Waals surface area contributed by atoms with Crippen LogP contribution in [-0.4, -0.2) is 40.3 Å². The zero-order chi connectivity index (χ0) is 23.9. The third kappa shape index (κ3) is 4.16. The second-order valence-corrected chi connectivity index (χ2v) is 9.21. The highest BCUT2D eigenvalue weighted by atomic mass is 16.6. The van der Waals surface area contributed by atoms with E-state index >= 15 is 0 Å². The summed E-state index contributed by atoms with van der Waals surface area (Å²) in [7, 11) is 1.44. The van der Waals surface area contributed by atoms with Gasteiger partial charge in [0.05, 0.1) is 18.2 Å². The molecule has 3 aromatic rings.